The van der Waals surface area contributed by atoms with Gasteiger partial charge in [-0.05, 0) is 38.5 Å². The zero-order chi connectivity index (χ0) is 12.6. The summed E-state index contributed by atoms with van der Waals surface area (Å²) in [5, 5.41) is 0. The lowest BCUT2D eigenvalue weighted by atomic mass is 9.45. The van der Waals surface area contributed by atoms with Crippen molar-refractivity contribution in [2.24, 2.45) is 28.2 Å². The van der Waals surface area contributed by atoms with Crippen molar-refractivity contribution in [1.29, 1.82) is 0 Å². The molecule has 0 aromatic rings. The quantitative estimate of drug-likeness (QED) is 0.506. The number of fused-ring (bicyclic) bond motifs is 1. The van der Waals surface area contributed by atoms with Crippen LogP contribution in [0.15, 0.2) is 29.3 Å². The van der Waals surface area contributed by atoms with Gasteiger partial charge in [0.05, 0.1) is 0 Å². The van der Waals surface area contributed by atoms with E-state index in [0.717, 1.165) is 24.8 Å². The van der Waals surface area contributed by atoms with Crippen LogP contribution in [0.1, 0.15) is 40.5 Å². The number of aliphatic imine (C=N–C) groups is 1. The molecule has 0 aromatic heterocycles. The molecule has 1 fully saturated rings. The van der Waals surface area contributed by atoms with Crippen molar-refractivity contribution >= 4 is 5.71 Å². The van der Waals surface area contributed by atoms with Crippen molar-refractivity contribution in [3.05, 3.63) is 24.3 Å². The lowest BCUT2D eigenvalue weighted by Crippen LogP contribution is -2.53. The van der Waals surface area contributed by atoms with E-state index in [2.05, 4.69) is 51.4 Å². The molecule has 1 saturated carbocycles. The molecule has 0 saturated heterocycles. The molecule has 0 radical (unpaired) electrons. The monoisotopic (exact) mass is 231 g/mol. The van der Waals surface area contributed by atoms with Crippen molar-refractivity contribution in [1.82, 2.24) is 0 Å². The van der Waals surface area contributed by atoms with Crippen LogP contribution >= 0.6 is 0 Å². The largest absolute Gasteiger partial charge is 0.294 e. The molecule has 3 aliphatic rings. The summed E-state index contributed by atoms with van der Waals surface area (Å²) in [5.74, 6) is 2.11. The normalized spacial score (nSPS) is 40.0. The number of nitrogens with zero attached hydrogens (tertiary/aromatic N) is 1. The summed E-state index contributed by atoms with van der Waals surface area (Å²) >= 11 is 0. The summed E-state index contributed by atoms with van der Waals surface area (Å²) in [6.45, 7) is 14.1. The smallest absolute Gasteiger partial charge is 0.0360 e. The molecule has 1 nitrogen and oxygen atoms in total. The lowest BCUT2D eigenvalue weighted by Gasteiger charge is -2.59. The molecule has 4 atom stereocenters. The van der Waals surface area contributed by atoms with E-state index >= 15 is 0 Å². The zero-order valence-electron chi connectivity index (χ0n) is 11.7. The standard InChI is InChI=1S/C16H25N/c1-6-11(3)16-9-8-14(13(5)17-7-2)15(10-16)12(16)4/h8-9,12,14-15H,3,6-7,10H2,1-2,4-5H3/b17-13-/t12-,14?,15?,16?/m0/s1. The topological polar surface area (TPSA) is 12.4 Å². The maximum absolute atomic E-state index is 4.59. The molecule has 3 unspecified atom stereocenters. The van der Waals surface area contributed by atoms with Crippen LogP contribution in [0, 0.1) is 23.2 Å². The lowest BCUT2D eigenvalue weighted by molar-refractivity contribution is 0.0165. The van der Waals surface area contributed by atoms with Crippen molar-refractivity contribution in [2.45, 2.75) is 40.5 Å². The third kappa shape index (κ3) is 1.71. The van der Waals surface area contributed by atoms with Gasteiger partial charge in [-0.1, -0.05) is 38.2 Å². The van der Waals surface area contributed by atoms with Gasteiger partial charge < -0.3 is 0 Å². The van der Waals surface area contributed by atoms with E-state index in [9.17, 15) is 0 Å². The molecular weight excluding hydrogens is 206 g/mol. The first-order chi connectivity index (χ1) is 8.06. The van der Waals surface area contributed by atoms with Crippen molar-refractivity contribution in [2.75, 3.05) is 6.54 Å². The van der Waals surface area contributed by atoms with Crippen LogP contribution < -0.4 is 0 Å². The summed E-state index contributed by atoms with van der Waals surface area (Å²) in [4.78, 5) is 4.59. The summed E-state index contributed by atoms with van der Waals surface area (Å²) < 4.78 is 0. The van der Waals surface area contributed by atoms with E-state index in [4.69, 9.17) is 0 Å². The van der Waals surface area contributed by atoms with Crippen molar-refractivity contribution < 1.29 is 0 Å². The van der Waals surface area contributed by atoms with E-state index in [1.807, 2.05) is 0 Å². The third-order valence-electron chi connectivity index (χ3n) is 5.07. The Labute approximate surface area is 106 Å². The predicted molar refractivity (Wildman–Crippen MR) is 75.4 cm³/mol. The molecule has 0 aromatic carbocycles. The SMILES string of the molecule is C=C(CC)C12C=CC(/C(C)=N\CC)C(C1)[C@@H]2C. The average molecular weight is 231 g/mol. The molecular formula is C16H25N. The third-order valence-corrected chi connectivity index (χ3v) is 5.07. The summed E-state index contributed by atoms with van der Waals surface area (Å²) in [6.07, 6.45) is 7.22. The maximum Gasteiger partial charge on any atom is 0.0360 e. The highest BCUT2D eigenvalue weighted by Gasteiger charge is 2.55. The summed E-state index contributed by atoms with van der Waals surface area (Å²) in [6, 6.07) is 0. The first-order valence-corrected chi connectivity index (χ1v) is 6.95. The molecule has 1 heteroatoms. The van der Waals surface area contributed by atoms with E-state index < -0.39 is 0 Å². The number of allylic oxidation sites excluding steroid dienone is 3. The Bertz CT molecular complexity index is 377. The van der Waals surface area contributed by atoms with Gasteiger partial charge in [0.25, 0.3) is 0 Å². The van der Waals surface area contributed by atoms with E-state index in [1.165, 1.54) is 17.7 Å². The van der Waals surface area contributed by atoms with Crippen LogP contribution in [-0.2, 0) is 0 Å². The number of hydrogen-bond donors (Lipinski definition) is 0. The van der Waals surface area contributed by atoms with Gasteiger partial charge in [-0.25, -0.2) is 0 Å². The molecule has 3 rings (SSSR count). The molecule has 94 valence electrons. The predicted octanol–water partition coefficient (Wildman–Crippen LogP) is 4.26. The van der Waals surface area contributed by atoms with E-state index in [-0.39, 0.29) is 0 Å². The van der Waals surface area contributed by atoms with Gasteiger partial charge in [-0.15, -0.1) is 0 Å². The fourth-order valence-electron chi connectivity index (χ4n) is 3.77. The summed E-state index contributed by atoms with van der Waals surface area (Å²) in [5.41, 5.74) is 3.06. The minimum absolute atomic E-state index is 0.322. The van der Waals surface area contributed by atoms with Crippen LogP contribution in [0.2, 0.25) is 0 Å². The van der Waals surface area contributed by atoms with Crippen LogP contribution in [-0.4, -0.2) is 12.3 Å². The van der Waals surface area contributed by atoms with Gasteiger partial charge >= 0.3 is 0 Å². The van der Waals surface area contributed by atoms with Gasteiger partial charge in [0.15, 0.2) is 0 Å². The molecule has 0 amide bonds. The molecule has 0 spiro atoms. The first-order valence-electron chi connectivity index (χ1n) is 6.95. The van der Waals surface area contributed by atoms with Crippen molar-refractivity contribution in [3.8, 4) is 0 Å². The minimum atomic E-state index is 0.322. The van der Waals surface area contributed by atoms with E-state index in [0.29, 0.717) is 11.3 Å². The Morgan fingerprint density at radius 2 is 2.18 bits per heavy atom. The van der Waals surface area contributed by atoms with Gasteiger partial charge in [0.1, 0.15) is 0 Å². The molecule has 0 aliphatic heterocycles. The van der Waals surface area contributed by atoms with Crippen LogP contribution in [0.25, 0.3) is 0 Å². The average Bonchev–Trinajstić information content (AvgIpc) is 2.36. The molecule has 0 heterocycles. The van der Waals surface area contributed by atoms with Crippen LogP contribution in [0.4, 0.5) is 0 Å². The van der Waals surface area contributed by atoms with Crippen LogP contribution in [0.5, 0.6) is 0 Å². The highest BCUT2D eigenvalue weighted by molar-refractivity contribution is 5.87. The van der Waals surface area contributed by atoms with Gasteiger partial charge in [-0.2, -0.15) is 0 Å². The van der Waals surface area contributed by atoms with E-state index in [1.54, 1.807) is 0 Å². The fraction of sp³-hybridized carbons (Fsp3) is 0.688. The van der Waals surface area contributed by atoms with Crippen LogP contribution in [0.3, 0.4) is 0 Å². The maximum atomic E-state index is 4.59. The van der Waals surface area contributed by atoms with Gasteiger partial charge in [-0.3, -0.25) is 4.99 Å². The summed E-state index contributed by atoms with van der Waals surface area (Å²) in [7, 11) is 0. The zero-order valence-corrected chi connectivity index (χ0v) is 11.7. The molecule has 0 N–H and O–H groups in total. The van der Waals surface area contributed by atoms with Gasteiger partial charge in [0, 0.05) is 23.6 Å². The fourth-order valence-corrected chi connectivity index (χ4v) is 3.77. The second-order valence-corrected chi connectivity index (χ2v) is 5.65. The molecule has 3 aliphatic carbocycles. The first kappa shape index (κ1) is 12.6. The Hall–Kier alpha value is -0.850. The Morgan fingerprint density at radius 1 is 1.47 bits per heavy atom. The Kier molecular flexibility index (Phi) is 3.29. The molecule has 2 bridgehead atoms. The Morgan fingerprint density at radius 3 is 2.65 bits per heavy atom. The van der Waals surface area contributed by atoms with Gasteiger partial charge in [0.2, 0.25) is 0 Å². The van der Waals surface area contributed by atoms with Crippen molar-refractivity contribution in [3.63, 3.8) is 0 Å². The molecule has 17 heavy (non-hydrogen) atoms. The highest BCUT2D eigenvalue weighted by atomic mass is 14.7. The second-order valence-electron chi connectivity index (χ2n) is 5.65. The highest BCUT2D eigenvalue weighted by Crippen LogP contribution is 2.62. The minimum Gasteiger partial charge on any atom is -0.294 e. The second kappa shape index (κ2) is 4.44. The number of rotatable bonds is 4. The number of hydrogen-bond acceptors (Lipinski definition) is 1. The Balaban J connectivity index is 2.23.